The van der Waals surface area contributed by atoms with Crippen LogP contribution in [0.15, 0.2) is 30.3 Å². The Labute approximate surface area is 223 Å². The zero-order chi connectivity index (χ0) is 27.0. The molecule has 0 spiro atoms. The van der Waals surface area contributed by atoms with Crippen LogP contribution in [0.2, 0.25) is 0 Å². The van der Waals surface area contributed by atoms with Crippen molar-refractivity contribution >= 4 is 16.6 Å². The number of alkyl halides is 3. The fourth-order valence-corrected chi connectivity index (χ4v) is 5.84. The Bertz CT molecular complexity index is 1270. The van der Waals surface area contributed by atoms with Crippen LogP contribution in [0.3, 0.4) is 0 Å². The summed E-state index contributed by atoms with van der Waals surface area (Å²) in [6.07, 6.45) is -3.56. The number of morpholine rings is 1. The summed E-state index contributed by atoms with van der Waals surface area (Å²) in [5, 5.41) is 0.900. The van der Waals surface area contributed by atoms with E-state index in [4.69, 9.17) is 9.72 Å². The maximum atomic E-state index is 14.4. The van der Waals surface area contributed by atoms with E-state index >= 15 is 0 Å². The number of aryl methyl sites for hydroxylation is 2. The molecule has 9 heteroatoms. The summed E-state index contributed by atoms with van der Waals surface area (Å²) in [5.41, 5.74) is 3.76. The zero-order valence-electron chi connectivity index (χ0n) is 22.9. The van der Waals surface area contributed by atoms with Crippen molar-refractivity contribution in [1.82, 2.24) is 14.5 Å². The number of quaternary nitrogens is 1. The molecule has 0 saturated carbocycles. The molecule has 0 unspecified atom stereocenters. The van der Waals surface area contributed by atoms with Crippen molar-refractivity contribution in [3.63, 3.8) is 0 Å². The number of nitrogens with zero attached hydrogens (tertiary/aromatic N) is 4. The first-order valence-electron chi connectivity index (χ1n) is 13.7. The first kappa shape index (κ1) is 27.0. The van der Waals surface area contributed by atoms with Crippen LogP contribution in [0.5, 0.6) is 0 Å². The molecule has 2 fully saturated rings. The SMILES string of the molecule is Cc1cc2c(cc(CC[NH+]3CCOCC3)n2C)c(-c2ccc(N3CCN(C(C)C)CC3)c(C(F)(F)F)c2)n1. The maximum absolute atomic E-state index is 14.4. The molecule has 1 aromatic carbocycles. The molecule has 38 heavy (non-hydrogen) atoms. The lowest BCUT2D eigenvalue weighted by molar-refractivity contribution is -0.907. The predicted octanol–water partition coefficient (Wildman–Crippen LogP) is 3.56. The van der Waals surface area contributed by atoms with Gasteiger partial charge in [-0.3, -0.25) is 9.88 Å². The number of rotatable bonds is 6. The molecule has 6 nitrogen and oxygen atoms in total. The molecule has 0 aliphatic carbocycles. The third-order valence-corrected chi connectivity index (χ3v) is 8.16. The van der Waals surface area contributed by atoms with Crippen LogP contribution in [-0.4, -0.2) is 79.5 Å². The van der Waals surface area contributed by atoms with Crippen molar-refractivity contribution in [1.29, 1.82) is 0 Å². The number of nitrogens with one attached hydrogen (secondary N) is 1. The van der Waals surface area contributed by atoms with Gasteiger partial charge >= 0.3 is 6.18 Å². The Morgan fingerprint density at radius 2 is 1.74 bits per heavy atom. The maximum Gasteiger partial charge on any atom is 0.418 e. The van der Waals surface area contributed by atoms with Gasteiger partial charge in [0.2, 0.25) is 0 Å². The average Bonchev–Trinajstić information content (AvgIpc) is 3.22. The van der Waals surface area contributed by atoms with Crippen LogP contribution >= 0.6 is 0 Å². The van der Waals surface area contributed by atoms with E-state index in [-0.39, 0.29) is 5.69 Å². The van der Waals surface area contributed by atoms with Gasteiger partial charge in [0.15, 0.2) is 0 Å². The predicted molar refractivity (Wildman–Crippen MR) is 145 cm³/mol. The molecule has 2 aliphatic heterocycles. The third-order valence-electron chi connectivity index (χ3n) is 8.16. The van der Waals surface area contributed by atoms with Crippen LogP contribution in [-0.2, 0) is 24.4 Å². The first-order chi connectivity index (χ1) is 18.1. The number of hydrogen-bond acceptors (Lipinski definition) is 4. The van der Waals surface area contributed by atoms with Crippen LogP contribution < -0.4 is 9.80 Å². The minimum Gasteiger partial charge on any atom is -0.370 e. The highest BCUT2D eigenvalue weighted by atomic mass is 19.4. The lowest BCUT2D eigenvalue weighted by atomic mass is 10.0. The molecule has 3 aromatic rings. The van der Waals surface area contributed by atoms with Gasteiger partial charge in [0.25, 0.3) is 0 Å². The molecule has 2 aliphatic rings. The molecule has 1 N–H and O–H groups in total. The quantitative estimate of drug-likeness (QED) is 0.529. The van der Waals surface area contributed by atoms with Gasteiger partial charge in [0.05, 0.1) is 36.5 Å². The number of anilines is 1. The van der Waals surface area contributed by atoms with Crippen LogP contribution in [0.25, 0.3) is 22.2 Å². The number of hydrogen-bond donors (Lipinski definition) is 1. The molecular formula is C29H39F3N5O+. The minimum absolute atomic E-state index is 0.260. The van der Waals surface area contributed by atoms with E-state index in [1.54, 1.807) is 6.07 Å². The van der Waals surface area contributed by atoms with Gasteiger partial charge in [0.1, 0.15) is 13.1 Å². The van der Waals surface area contributed by atoms with E-state index in [1.165, 1.54) is 16.7 Å². The molecule has 2 aromatic heterocycles. The molecule has 4 heterocycles. The van der Waals surface area contributed by atoms with Crippen molar-refractivity contribution in [2.24, 2.45) is 7.05 Å². The summed E-state index contributed by atoms with van der Waals surface area (Å²) in [6.45, 7) is 13.5. The number of ether oxygens (including phenoxy) is 1. The van der Waals surface area contributed by atoms with Crippen LogP contribution in [0, 0.1) is 6.92 Å². The van der Waals surface area contributed by atoms with Gasteiger partial charge in [-0.25, -0.2) is 0 Å². The van der Waals surface area contributed by atoms with Gasteiger partial charge in [-0.2, -0.15) is 13.2 Å². The molecule has 206 valence electrons. The standard InChI is InChI=1S/C29H38F3N5O/c1-20(2)36-9-11-37(12-10-36)26-6-5-22(18-25(26)29(30,31)32)28-24-19-23(7-8-35-13-15-38-16-14-35)34(4)27(24)17-21(3)33-28/h5-6,17-20H,7-16H2,1-4H3/p+1. The van der Waals surface area contributed by atoms with Crippen molar-refractivity contribution in [3.8, 4) is 11.3 Å². The number of fused-ring (bicyclic) bond motifs is 1. The van der Waals surface area contributed by atoms with Gasteiger partial charge in [-0.15, -0.1) is 0 Å². The summed E-state index contributed by atoms with van der Waals surface area (Å²) in [7, 11) is 2.04. The Kier molecular flexibility index (Phi) is 7.71. The topological polar surface area (TPSA) is 38.0 Å². The van der Waals surface area contributed by atoms with E-state index in [1.807, 2.05) is 31.0 Å². The van der Waals surface area contributed by atoms with Crippen LogP contribution in [0.4, 0.5) is 18.9 Å². The Hall–Kier alpha value is -2.62. The highest BCUT2D eigenvalue weighted by molar-refractivity contribution is 5.94. The minimum atomic E-state index is -4.45. The highest BCUT2D eigenvalue weighted by Crippen LogP contribution is 2.40. The molecule has 0 amide bonds. The summed E-state index contributed by atoms with van der Waals surface area (Å²) in [6, 6.07) is 9.29. The number of halogens is 3. The Balaban J connectivity index is 1.48. The fourth-order valence-electron chi connectivity index (χ4n) is 5.84. The Morgan fingerprint density at radius 3 is 2.39 bits per heavy atom. The van der Waals surface area contributed by atoms with E-state index in [9.17, 15) is 13.2 Å². The zero-order valence-corrected chi connectivity index (χ0v) is 22.9. The fraction of sp³-hybridized carbons (Fsp3) is 0.552. The van der Waals surface area contributed by atoms with Crippen molar-refractivity contribution in [3.05, 3.63) is 47.3 Å². The monoisotopic (exact) mass is 530 g/mol. The van der Waals surface area contributed by atoms with Crippen molar-refractivity contribution in [2.45, 2.75) is 39.4 Å². The van der Waals surface area contributed by atoms with Gasteiger partial charge < -0.3 is 19.1 Å². The number of piperazine rings is 1. The van der Waals surface area contributed by atoms with Crippen molar-refractivity contribution in [2.75, 3.05) is 63.9 Å². The molecule has 0 radical (unpaired) electrons. The smallest absolute Gasteiger partial charge is 0.370 e. The van der Waals surface area contributed by atoms with Crippen molar-refractivity contribution < 1.29 is 22.8 Å². The largest absolute Gasteiger partial charge is 0.418 e. The number of benzene rings is 1. The second kappa shape index (κ2) is 10.9. The van der Waals surface area contributed by atoms with Gasteiger partial charge in [-0.1, -0.05) is 6.07 Å². The summed E-state index contributed by atoms with van der Waals surface area (Å²) >= 11 is 0. The van der Waals surface area contributed by atoms with Gasteiger partial charge in [0, 0.05) is 73.7 Å². The third kappa shape index (κ3) is 5.55. The van der Waals surface area contributed by atoms with Gasteiger partial charge in [-0.05, 0) is 45.0 Å². The molecule has 2 saturated heterocycles. The summed E-state index contributed by atoms with van der Waals surface area (Å²) in [4.78, 5) is 10.5. The molecule has 0 bridgehead atoms. The second-order valence-corrected chi connectivity index (χ2v) is 10.9. The lowest BCUT2D eigenvalue weighted by Gasteiger charge is -2.39. The Morgan fingerprint density at radius 1 is 1.03 bits per heavy atom. The normalized spacial score (nSPS) is 18.2. The highest BCUT2D eigenvalue weighted by Gasteiger charge is 2.36. The number of aromatic nitrogens is 2. The summed E-state index contributed by atoms with van der Waals surface area (Å²) in [5.74, 6) is 0. The lowest BCUT2D eigenvalue weighted by Crippen LogP contribution is -3.14. The van der Waals surface area contributed by atoms with E-state index in [0.29, 0.717) is 30.4 Å². The molecule has 0 atom stereocenters. The first-order valence-corrected chi connectivity index (χ1v) is 13.7. The van der Waals surface area contributed by atoms with E-state index in [2.05, 4.69) is 29.4 Å². The van der Waals surface area contributed by atoms with E-state index in [0.717, 1.165) is 69.0 Å². The average molecular weight is 531 g/mol. The number of pyridine rings is 1. The second-order valence-electron chi connectivity index (χ2n) is 10.9. The summed E-state index contributed by atoms with van der Waals surface area (Å²) < 4.78 is 50.8. The molecular weight excluding hydrogens is 491 g/mol. The van der Waals surface area contributed by atoms with Crippen LogP contribution in [0.1, 0.15) is 30.8 Å². The van der Waals surface area contributed by atoms with E-state index < -0.39 is 11.7 Å². The molecule has 5 rings (SSSR count).